The van der Waals surface area contributed by atoms with Gasteiger partial charge in [-0.3, -0.25) is 9.59 Å². The van der Waals surface area contributed by atoms with E-state index in [0.717, 1.165) is 11.4 Å². The molecule has 0 fully saturated rings. The van der Waals surface area contributed by atoms with Crippen molar-refractivity contribution in [3.8, 4) is 0 Å². The largest absolute Gasteiger partial charge is 0.481 e. The third kappa shape index (κ3) is 2.38. The smallest absolute Gasteiger partial charge is 0.308 e. The number of nitrogens with one attached hydrogen (secondary N) is 1. The highest BCUT2D eigenvalue weighted by Crippen LogP contribution is 2.29. The Hall–Kier alpha value is -2.04. The lowest BCUT2D eigenvalue weighted by Gasteiger charge is -2.31. The van der Waals surface area contributed by atoms with Crippen LogP contribution in [-0.4, -0.2) is 30.1 Å². The topological polar surface area (TPSA) is 69.6 Å². The van der Waals surface area contributed by atoms with Crippen LogP contribution in [0.25, 0.3) is 0 Å². The number of carboxylic acids is 1. The van der Waals surface area contributed by atoms with E-state index in [1.165, 1.54) is 0 Å². The predicted molar refractivity (Wildman–Crippen MR) is 64.1 cm³/mol. The molecule has 0 saturated carbocycles. The lowest BCUT2D eigenvalue weighted by Crippen LogP contribution is -2.41. The Labute approximate surface area is 99.0 Å². The molecule has 2 N–H and O–H groups in total. The van der Waals surface area contributed by atoms with Gasteiger partial charge in [-0.1, -0.05) is 19.1 Å². The van der Waals surface area contributed by atoms with Gasteiger partial charge in [-0.2, -0.15) is 0 Å². The summed E-state index contributed by atoms with van der Waals surface area (Å²) < 4.78 is 0. The number of carbonyl (C=O) groups is 2. The summed E-state index contributed by atoms with van der Waals surface area (Å²) in [5.41, 5.74) is 1.61. The van der Waals surface area contributed by atoms with Gasteiger partial charge in [0.25, 0.3) is 0 Å². The quantitative estimate of drug-likeness (QED) is 0.823. The fourth-order valence-electron chi connectivity index (χ4n) is 1.87. The van der Waals surface area contributed by atoms with Gasteiger partial charge in [-0.05, 0) is 12.1 Å². The van der Waals surface area contributed by atoms with Gasteiger partial charge < -0.3 is 15.3 Å². The van der Waals surface area contributed by atoms with Crippen molar-refractivity contribution >= 4 is 23.3 Å². The predicted octanol–water partition coefficient (Wildman–Crippen LogP) is 1.17. The Balaban J connectivity index is 2.24. The van der Waals surface area contributed by atoms with Crippen molar-refractivity contribution in [1.29, 1.82) is 0 Å². The number of aliphatic carboxylic acids is 1. The molecular formula is C12H14N2O3. The SMILES string of the molecule is CC(CN1CC(=O)Nc2ccccc21)C(=O)O. The first-order valence-electron chi connectivity index (χ1n) is 5.44. The number of anilines is 2. The van der Waals surface area contributed by atoms with Crippen LogP contribution in [0.4, 0.5) is 11.4 Å². The standard InChI is InChI=1S/C12H14N2O3/c1-8(12(16)17)6-14-7-11(15)13-9-4-2-3-5-10(9)14/h2-5,8H,6-7H2,1H3,(H,13,15)(H,16,17). The van der Waals surface area contributed by atoms with Crippen molar-refractivity contribution in [3.63, 3.8) is 0 Å². The molecule has 0 aliphatic carbocycles. The minimum atomic E-state index is -0.853. The second kappa shape index (κ2) is 4.45. The first kappa shape index (κ1) is 11.4. The normalized spacial score (nSPS) is 16.1. The number of benzene rings is 1. The van der Waals surface area contributed by atoms with Crippen LogP contribution in [0.1, 0.15) is 6.92 Å². The summed E-state index contributed by atoms with van der Waals surface area (Å²) in [6.07, 6.45) is 0. The van der Waals surface area contributed by atoms with Crippen LogP contribution >= 0.6 is 0 Å². The number of fused-ring (bicyclic) bond motifs is 1. The fourth-order valence-corrected chi connectivity index (χ4v) is 1.87. The van der Waals surface area contributed by atoms with Crippen LogP contribution in [0, 0.1) is 5.92 Å². The van der Waals surface area contributed by atoms with Crippen molar-refractivity contribution in [1.82, 2.24) is 0 Å². The number of carbonyl (C=O) groups excluding carboxylic acids is 1. The van der Waals surface area contributed by atoms with E-state index in [9.17, 15) is 9.59 Å². The molecule has 90 valence electrons. The van der Waals surface area contributed by atoms with Gasteiger partial charge in [0.1, 0.15) is 0 Å². The molecule has 0 spiro atoms. The van der Waals surface area contributed by atoms with Crippen LogP contribution in [-0.2, 0) is 9.59 Å². The minimum Gasteiger partial charge on any atom is -0.481 e. The van der Waals surface area contributed by atoms with E-state index >= 15 is 0 Å². The number of amides is 1. The Morgan fingerprint density at radius 1 is 1.53 bits per heavy atom. The molecular weight excluding hydrogens is 220 g/mol. The molecule has 5 heteroatoms. The number of nitrogens with zero attached hydrogens (tertiary/aromatic N) is 1. The van der Waals surface area contributed by atoms with Gasteiger partial charge >= 0.3 is 5.97 Å². The zero-order valence-electron chi connectivity index (χ0n) is 9.51. The number of hydrogen-bond donors (Lipinski definition) is 2. The third-order valence-corrected chi connectivity index (χ3v) is 2.77. The summed E-state index contributed by atoms with van der Waals surface area (Å²) in [5, 5.41) is 11.7. The van der Waals surface area contributed by atoms with Crippen LogP contribution in [0.2, 0.25) is 0 Å². The van der Waals surface area contributed by atoms with Crippen LogP contribution in [0.3, 0.4) is 0 Å². The van der Waals surface area contributed by atoms with E-state index in [4.69, 9.17) is 5.11 Å². The highest BCUT2D eigenvalue weighted by molar-refractivity contribution is 6.01. The molecule has 1 amide bonds. The van der Waals surface area contributed by atoms with Crippen molar-refractivity contribution < 1.29 is 14.7 Å². The summed E-state index contributed by atoms with van der Waals surface area (Å²) >= 11 is 0. The van der Waals surface area contributed by atoms with Crippen molar-refractivity contribution in [2.24, 2.45) is 5.92 Å². The monoisotopic (exact) mass is 234 g/mol. The molecule has 1 aliphatic rings. The first-order chi connectivity index (χ1) is 8.08. The second-order valence-electron chi connectivity index (χ2n) is 4.19. The maximum atomic E-state index is 11.5. The van der Waals surface area contributed by atoms with Crippen molar-refractivity contribution in [2.75, 3.05) is 23.3 Å². The van der Waals surface area contributed by atoms with Gasteiger partial charge in [-0.15, -0.1) is 0 Å². The minimum absolute atomic E-state index is 0.110. The van der Waals surface area contributed by atoms with Gasteiger partial charge in [0.05, 0.1) is 23.8 Å². The third-order valence-electron chi connectivity index (χ3n) is 2.77. The molecule has 0 aromatic heterocycles. The highest BCUT2D eigenvalue weighted by Gasteiger charge is 2.24. The van der Waals surface area contributed by atoms with E-state index in [-0.39, 0.29) is 12.5 Å². The molecule has 17 heavy (non-hydrogen) atoms. The molecule has 0 bridgehead atoms. The van der Waals surface area contributed by atoms with Crippen molar-refractivity contribution in [3.05, 3.63) is 24.3 Å². The molecule has 1 aromatic carbocycles. The van der Waals surface area contributed by atoms with Gasteiger partial charge in [-0.25, -0.2) is 0 Å². The number of para-hydroxylation sites is 2. The maximum Gasteiger partial charge on any atom is 0.308 e. The molecule has 2 rings (SSSR count). The van der Waals surface area contributed by atoms with Gasteiger partial charge in [0.15, 0.2) is 0 Å². The number of rotatable bonds is 3. The summed E-state index contributed by atoms with van der Waals surface area (Å²) in [5.74, 6) is -1.47. The first-order valence-corrected chi connectivity index (χ1v) is 5.44. The van der Waals surface area contributed by atoms with Gasteiger partial charge in [0.2, 0.25) is 5.91 Å². The molecule has 1 atom stereocenters. The average Bonchev–Trinajstić information content (AvgIpc) is 2.28. The molecule has 1 heterocycles. The molecule has 0 radical (unpaired) electrons. The van der Waals surface area contributed by atoms with E-state index in [1.807, 2.05) is 24.3 Å². The number of hydrogen-bond acceptors (Lipinski definition) is 3. The zero-order chi connectivity index (χ0) is 12.4. The van der Waals surface area contributed by atoms with E-state index in [0.29, 0.717) is 6.54 Å². The van der Waals surface area contributed by atoms with Crippen LogP contribution in [0.15, 0.2) is 24.3 Å². The molecule has 1 aliphatic heterocycles. The lowest BCUT2D eigenvalue weighted by atomic mass is 10.1. The second-order valence-corrected chi connectivity index (χ2v) is 4.19. The summed E-state index contributed by atoms with van der Waals surface area (Å²) in [4.78, 5) is 24.1. The molecule has 0 saturated heterocycles. The molecule has 5 nitrogen and oxygen atoms in total. The summed E-state index contributed by atoms with van der Waals surface area (Å²) in [7, 11) is 0. The van der Waals surface area contributed by atoms with E-state index in [2.05, 4.69) is 5.32 Å². The fraction of sp³-hybridized carbons (Fsp3) is 0.333. The van der Waals surface area contributed by atoms with E-state index < -0.39 is 11.9 Å². The Morgan fingerprint density at radius 2 is 2.24 bits per heavy atom. The highest BCUT2D eigenvalue weighted by atomic mass is 16.4. The van der Waals surface area contributed by atoms with Crippen LogP contribution < -0.4 is 10.2 Å². The van der Waals surface area contributed by atoms with E-state index in [1.54, 1.807) is 11.8 Å². The summed E-state index contributed by atoms with van der Waals surface area (Å²) in [6.45, 7) is 2.17. The maximum absolute atomic E-state index is 11.5. The Bertz CT molecular complexity index is 459. The van der Waals surface area contributed by atoms with Gasteiger partial charge in [0, 0.05) is 6.54 Å². The number of carboxylic acid groups (broad SMARTS) is 1. The Morgan fingerprint density at radius 3 is 2.94 bits per heavy atom. The average molecular weight is 234 g/mol. The van der Waals surface area contributed by atoms with Crippen LogP contribution in [0.5, 0.6) is 0 Å². The Kier molecular flexibility index (Phi) is 2.99. The molecule has 1 unspecified atom stereocenters. The van der Waals surface area contributed by atoms with Crippen molar-refractivity contribution in [2.45, 2.75) is 6.92 Å². The summed E-state index contributed by atoms with van der Waals surface area (Å²) in [6, 6.07) is 7.39. The zero-order valence-corrected chi connectivity index (χ0v) is 9.51. The molecule has 1 aromatic rings. The lowest BCUT2D eigenvalue weighted by molar-refractivity contribution is -0.140.